The van der Waals surface area contributed by atoms with Crippen LogP contribution >= 0.6 is 0 Å². The van der Waals surface area contributed by atoms with E-state index in [1.807, 2.05) is 6.07 Å². The topological polar surface area (TPSA) is 59.4 Å². The first kappa shape index (κ1) is 20.6. The molecule has 9 heteroatoms. The van der Waals surface area contributed by atoms with Crippen molar-refractivity contribution in [1.82, 2.24) is 20.0 Å². The van der Waals surface area contributed by atoms with Crippen molar-refractivity contribution in [1.29, 1.82) is 0 Å². The summed E-state index contributed by atoms with van der Waals surface area (Å²) in [6.45, 7) is 2.71. The van der Waals surface area contributed by atoms with E-state index in [-0.39, 0.29) is 11.8 Å². The Bertz CT molecular complexity index is 779. The molecule has 2 rings (SSSR count). The van der Waals surface area contributed by atoms with Gasteiger partial charge in [-0.2, -0.15) is 18.3 Å². The Hall–Kier alpha value is -2.71. The standard InChI is InChI=1S/C18H23F3N4O2/c1-12-7-14(8-13(2)16(12)27-11-18(19,20)21)10-24(3)17(26)22-9-15-5-6-23-25(15)4/h5-8H,9-11H2,1-4H3,(H,22,26). The number of benzene rings is 1. The van der Waals surface area contributed by atoms with Crippen LogP contribution in [0.25, 0.3) is 0 Å². The maximum atomic E-state index is 12.4. The third-order valence-electron chi connectivity index (χ3n) is 4.01. The highest BCUT2D eigenvalue weighted by Crippen LogP contribution is 2.27. The molecule has 2 amide bonds. The molecule has 148 valence electrons. The molecule has 0 spiro atoms. The number of aryl methyl sites for hydroxylation is 3. The average Bonchev–Trinajstić information content (AvgIpc) is 2.95. The second-order valence-corrected chi connectivity index (χ2v) is 6.42. The molecule has 1 heterocycles. The van der Waals surface area contributed by atoms with Gasteiger partial charge in [0, 0.05) is 26.8 Å². The van der Waals surface area contributed by atoms with Crippen LogP contribution in [0.3, 0.4) is 0 Å². The zero-order valence-corrected chi connectivity index (χ0v) is 15.7. The fourth-order valence-corrected chi connectivity index (χ4v) is 2.73. The summed E-state index contributed by atoms with van der Waals surface area (Å²) in [5.74, 6) is 0.222. The second-order valence-electron chi connectivity index (χ2n) is 6.42. The summed E-state index contributed by atoms with van der Waals surface area (Å²) in [6, 6.07) is 5.00. The first-order chi connectivity index (χ1) is 12.6. The van der Waals surface area contributed by atoms with Crippen LogP contribution in [0.4, 0.5) is 18.0 Å². The fourth-order valence-electron chi connectivity index (χ4n) is 2.73. The number of alkyl halides is 3. The van der Waals surface area contributed by atoms with E-state index < -0.39 is 12.8 Å². The summed E-state index contributed by atoms with van der Waals surface area (Å²) in [7, 11) is 3.44. The molecule has 0 atom stereocenters. The minimum atomic E-state index is -4.39. The van der Waals surface area contributed by atoms with E-state index >= 15 is 0 Å². The van der Waals surface area contributed by atoms with E-state index in [9.17, 15) is 18.0 Å². The minimum Gasteiger partial charge on any atom is -0.484 e. The molecule has 0 radical (unpaired) electrons. The number of ether oxygens (including phenoxy) is 1. The number of amides is 2. The lowest BCUT2D eigenvalue weighted by atomic mass is 10.1. The largest absolute Gasteiger partial charge is 0.484 e. The molecule has 0 bridgehead atoms. The van der Waals surface area contributed by atoms with Gasteiger partial charge in [0.15, 0.2) is 6.61 Å². The number of hydrogen-bond acceptors (Lipinski definition) is 3. The monoisotopic (exact) mass is 384 g/mol. The van der Waals surface area contributed by atoms with Crippen LogP contribution in [0.15, 0.2) is 24.4 Å². The van der Waals surface area contributed by atoms with Crippen molar-refractivity contribution in [2.45, 2.75) is 33.1 Å². The zero-order chi connectivity index (χ0) is 20.2. The van der Waals surface area contributed by atoms with Crippen LogP contribution in [0.5, 0.6) is 5.75 Å². The smallest absolute Gasteiger partial charge is 0.422 e. The molecule has 27 heavy (non-hydrogen) atoms. The average molecular weight is 384 g/mol. The molecule has 6 nitrogen and oxygen atoms in total. The molecule has 0 saturated heterocycles. The van der Waals surface area contributed by atoms with Gasteiger partial charge in [-0.15, -0.1) is 0 Å². The van der Waals surface area contributed by atoms with Crippen molar-refractivity contribution in [3.63, 3.8) is 0 Å². The molecule has 0 saturated carbocycles. The number of hydrogen-bond donors (Lipinski definition) is 1. The summed E-state index contributed by atoms with van der Waals surface area (Å²) in [6.07, 6.45) is -2.73. The molecule has 0 aliphatic carbocycles. The molecule has 1 aromatic heterocycles. The summed E-state index contributed by atoms with van der Waals surface area (Å²) >= 11 is 0. The molecular formula is C18H23F3N4O2. The fraction of sp³-hybridized carbons (Fsp3) is 0.444. The van der Waals surface area contributed by atoms with E-state index in [4.69, 9.17) is 4.74 Å². The number of nitrogens with one attached hydrogen (secondary N) is 1. The SMILES string of the molecule is Cc1cc(CN(C)C(=O)NCc2ccnn2C)cc(C)c1OCC(F)(F)F. The van der Waals surface area contributed by atoms with Crippen molar-refractivity contribution in [2.24, 2.45) is 7.05 Å². The molecule has 0 unspecified atom stereocenters. The van der Waals surface area contributed by atoms with Crippen LogP contribution in [0.2, 0.25) is 0 Å². The zero-order valence-electron chi connectivity index (χ0n) is 15.7. The predicted molar refractivity (Wildman–Crippen MR) is 94.4 cm³/mol. The van der Waals surface area contributed by atoms with Gasteiger partial charge in [-0.05, 0) is 36.6 Å². The molecule has 0 fully saturated rings. The number of aromatic nitrogens is 2. The highest BCUT2D eigenvalue weighted by molar-refractivity contribution is 5.73. The summed E-state index contributed by atoms with van der Waals surface area (Å²) in [4.78, 5) is 13.7. The lowest BCUT2D eigenvalue weighted by molar-refractivity contribution is -0.153. The van der Waals surface area contributed by atoms with Gasteiger partial charge in [0.1, 0.15) is 5.75 Å². The van der Waals surface area contributed by atoms with Crippen LogP contribution in [0.1, 0.15) is 22.4 Å². The van der Waals surface area contributed by atoms with Crippen LogP contribution < -0.4 is 10.1 Å². The van der Waals surface area contributed by atoms with Gasteiger partial charge in [0.25, 0.3) is 0 Å². The van der Waals surface area contributed by atoms with Crippen LogP contribution in [0, 0.1) is 13.8 Å². The predicted octanol–water partition coefficient (Wildman–Crippen LogP) is 3.32. The Morgan fingerprint density at radius 3 is 2.44 bits per heavy atom. The van der Waals surface area contributed by atoms with E-state index in [0.29, 0.717) is 24.2 Å². The highest BCUT2D eigenvalue weighted by Gasteiger charge is 2.29. The lowest BCUT2D eigenvalue weighted by Gasteiger charge is -2.20. The van der Waals surface area contributed by atoms with E-state index in [1.165, 1.54) is 4.90 Å². The molecule has 1 aromatic carbocycles. The summed E-state index contributed by atoms with van der Waals surface area (Å²) < 4.78 is 43.7. The Kier molecular flexibility index (Phi) is 6.35. The first-order valence-corrected chi connectivity index (χ1v) is 8.32. The van der Waals surface area contributed by atoms with Gasteiger partial charge in [0.2, 0.25) is 0 Å². The maximum Gasteiger partial charge on any atom is 0.422 e. The van der Waals surface area contributed by atoms with Crippen molar-refractivity contribution in [2.75, 3.05) is 13.7 Å². The number of carbonyl (C=O) groups excluding carboxylic acids is 1. The molecule has 0 aliphatic rings. The van der Waals surface area contributed by atoms with Crippen molar-refractivity contribution >= 4 is 6.03 Å². The molecule has 1 N–H and O–H groups in total. The van der Waals surface area contributed by atoms with E-state index in [1.54, 1.807) is 51.0 Å². The first-order valence-electron chi connectivity index (χ1n) is 8.32. The van der Waals surface area contributed by atoms with Crippen LogP contribution in [-0.2, 0) is 20.1 Å². The molecule has 0 aliphatic heterocycles. The summed E-state index contributed by atoms with van der Waals surface area (Å²) in [5, 5.41) is 6.83. The van der Waals surface area contributed by atoms with E-state index in [0.717, 1.165) is 11.3 Å². The third-order valence-corrected chi connectivity index (χ3v) is 4.01. The van der Waals surface area contributed by atoms with Crippen LogP contribution in [-0.4, -0.2) is 40.5 Å². The van der Waals surface area contributed by atoms with E-state index in [2.05, 4.69) is 10.4 Å². The maximum absolute atomic E-state index is 12.4. The molecular weight excluding hydrogens is 361 g/mol. The van der Waals surface area contributed by atoms with Crippen molar-refractivity contribution in [3.8, 4) is 5.75 Å². The Labute approximate surface area is 155 Å². The summed E-state index contributed by atoms with van der Waals surface area (Å²) in [5.41, 5.74) is 2.87. The van der Waals surface area contributed by atoms with Gasteiger partial charge >= 0.3 is 12.2 Å². The van der Waals surface area contributed by atoms with Gasteiger partial charge in [-0.3, -0.25) is 4.68 Å². The normalized spacial score (nSPS) is 11.4. The Morgan fingerprint density at radius 1 is 1.30 bits per heavy atom. The Balaban J connectivity index is 1.97. The Morgan fingerprint density at radius 2 is 1.93 bits per heavy atom. The number of rotatable bonds is 6. The van der Waals surface area contributed by atoms with Gasteiger partial charge in [0.05, 0.1) is 12.2 Å². The van der Waals surface area contributed by atoms with Crippen molar-refractivity contribution < 1.29 is 22.7 Å². The van der Waals surface area contributed by atoms with Crippen molar-refractivity contribution in [3.05, 3.63) is 46.8 Å². The number of urea groups is 1. The minimum absolute atomic E-state index is 0.222. The number of nitrogens with zero attached hydrogens (tertiary/aromatic N) is 3. The van der Waals surface area contributed by atoms with Gasteiger partial charge in [-0.25, -0.2) is 4.79 Å². The molecule has 2 aromatic rings. The highest BCUT2D eigenvalue weighted by atomic mass is 19.4. The second kappa shape index (κ2) is 8.32. The van der Waals surface area contributed by atoms with Gasteiger partial charge < -0.3 is 15.0 Å². The van der Waals surface area contributed by atoms with Gasteiger partial charge in [-0.1, -0.05) is 12.1 Å². The number of halogens is 3. The third kappa shape index (κ3) is 5.90. The number of carbonyl (C=O) groups is 1. The quantitative estimate of drug-likeness (QED) is 0.831. The lowest BCUT2D eigenvalue weighted by Crippen LogP contribution is -2.36.